The van der Waals surface area contributed by atoms with Crippen LogP contribution in [0.3, 0.4) is 0 Å². The summed E-state index contributed by atoms with van der Waals surface area (Å²) in [5.74, 6) is 0.731. The summed E-state index contributed by atoms with van der Waals surface area (Å²) in [5.41, 5.74) is 9.59. The maximum atomic E-state index is 11.4. The van der Waals surface area contributed by atoms with E-state index in [1.54, 1.807) is 0 Å². The van der Waals surface area contributed by atoms with E-state index in [2.05, 4.69) is 27.7 Å². The molecule has 42 heavy (non-hydrogen) atoms. The molecule has 5 unspecified atom stereocenters. The second-order valence-corrected chi connectivity index (χ2v) is 14.7. The van der Waals surface area contributed by atoms with E-state index in [1.165, 1.54) is 0 Å². The van der Waals surface area contributed by atoms with Crippen LogP contribution >= 0.6 is 0 Å². The van der Waals surface area contributed by atoms with Crippen molar-refractivity contribution < 1.29 is 25.5 Å². The van der Waals surface area contributed by atoms with Crippen molar-refractivity contribution in [1.29, 1.82) is 0 Å². The summed E-state index contributed by atoms with van der Waals surface area (Å²) in [4.78, 5) is 0. The van der Waals surface area contributed by atoms with Crippen molar-refractivity contribution in [2.75, 3.05) is 0 Å². The highest BCUT2D eigenvalue weighted by Crippen LogP contribution is 2.62. The van der Waals surface area contributed by atoms with Crippen molar-refractivity contribution in [3.63, 3.8) is 0 Å². The molecule has 0 spiro atoms. The molecule has 5 N–H and O–H groups in total. The van der Waals surface area contributed by atoms with E-state index >= 15 is 0 Å². The van der Waals surface area contributed by atoms with Crippen LogP contribution < -0.4 is 0 Å². The molecule has 0 aliphatic heterocycles. The van der Waals surface area contributed by atoms with Gasteiger partial charge >= 0.3 is 0 Å². The monoisotopic (exact) mass is 574 g/mol. The lowest BCUT2D eigenvalue weighted by molar-refractivity contribution is -0.0568. The molecule has 3 aliphatic carbocycles. The summed E-state index contributed by atoms with van der Waals surface area (Å²) in [5, 5.41) is 56.9. The zero-order valence-corrected chi connectivity index (χ0v) is 27.5. The van der Waals surface area contributed by atoms with Gasteiger partial charge in [0.05, 0.1) is 6.10 Å². The van der Waals surface area contributed by atoms with Crippen LogP contribution in [0.2, 0.25) is 0 Å². The maximum Gasteiger partial charge on any atom is 0.122 e. The standard InChI is InChI=1S/C37H50O5/c1-15-13-24(14-36(10,11)35(15)42)37(12,29-25-16(2)31(38)18(4)26(29)19(5)32(39)17(25)3)30-27-20(6)33(40)22(8)28(30)23(9)34(41)21(27)7/h15-16,20,24,35,38-42H,13-14H2,1-12H3. The van der Waals surface area contributed by atoms with Crippen molar-refractivity contribution in [3.05, 3.63) is 67.2 Å². The molecule has 5 rings (SSSR count). The van der Waals surface area contributed by atoms with E-state index in [1.807, 2.05) is 55.4 Å². The van der Waals surface area contributed by atoms with E-state index in [0.29, 0.717) is 11.5 Å². The molecule has 2 aromatic rings. The van der Waals surface area contributed by atoms with Gasteiger partial charge in [-0.1, -0.05) is 41.5 Å². The molecule has 4 bridgehead atoms. The summed E-state index contributed by atoms with van der Waals surface area (Å²) in [7, 11) is 0. The zero-order chi connectivity index (χ0) is 31.5. The van der Waals surface area contributed by atoms with Gasteiger partial charge in [0, 0.05) is 17.3 Å². The van der Waals surface area contributed by atoms with Crippen LogP contribution in [0.1, 0.15) is 136 Å². The highest BCUT2D eigenvalue weighted by atomic mass is 16.3. The SMILES string of the molecule is CC1=C(O)C(C)c2c(C)c(O)c(C)c1c2C(C)(c1c2c(C)c(O)c(C)c1C(C)C(O)=C2C)C1CC(C)C(O)C(C)(C)C1. The van der Waals surface area contributed by atoms with Gasteiger partial charge in [-0.15, -0.1) is 0 Å². The average molecular weight is 575 g/mol. The lowest BCUT2D eigenvalue weighted by Gasteiger charge is -2.54. The van der Waals surface area contributed by atoms with Crippen LogP contribution in [0, 0.1) is 44.9 Å². The van der Waals surface area contributed by atoms with Gasteiger partial charge in [-0.3, -0.25) is 0 Å². The van der Waals surface area contributed by atoms with Crippen molar-refractivity contribution in [3.8, 4) is 11.5 Å². The van der Waals surface area contributed by atoms with Gasteiger partial charge in [0.2, 0.25) is 0 Å². The molecule has 0 saturated heterocycles. The smallest absolute Gasteiger partial charge is 0.122 e. The number of rotatable bonds is 3. The van der Waals surface area contributed by atoms with E-state index in [-0.39, 0.29) is 40.6 Å². The van der Waals surface area contributed by atoms with Crippen LogP contribution in [0.15, 0.2) is 11.5 Å². The van der Waals surface area contributed by atoms with Gasteiger partial charge in [0.25, 0.3) is 0 Å². The first-order chi connectivity index (χ1) is 19.3. The van der Waals surface area contributed by atoms with Crippen LogP contribution in [0.5, 0.6) is 11.5 Å². The Balaban J connectivity index is 2.05. The van der Waals surface area contributed by atoms with Gasteiger partial charge in [0.1, 0.15) is 23.0 Å². The third kappa shape index (κ3) is 3.71. The number of phenolic OH excluding ortho intramolecular Hbond substituents is 2. The Kier molecular flexibility index (Phi) is 6.94. The highest BCUT2D eigenvalue weighted by molar-refractivity contribution is 5.86. The zero-order valence-electron chi connectivity index (χ0n) is 27.5. The number of aliphatic hydroxyl groups excluding tert-OH is 3. The van der Waals surface area contributed by atoms with E-state index in [0.717, 1.165) is 79.6 Å². The fraction of sp³-hybridized carbons (Fsp3) is 0.568. The Morgan fingerprint density at radius 1 is 0.667 bits per heavy atom. The van der Waals surface area contributed by atoms with Crippen LogP contribution in [-0.4, -0.2) is 31.6 Å². The summed E-state index contributed by atoms with van der Waals surface area (Å²) in [6.45, 7) is 24.5. The molecule has 228 valence electrons. The number of benzene rings is 2. The fourth-order valence-electron chi connectivity index (χ4n) is 9.51. The summed E-state index contributed by atoms with van der Waals surface area (Å²) in [6.07, 6.45) is 1.14. The molecular formula is C37H50O5. The largest absolute Gasteiger partial charge is 0.511 e. The second-order valence-electron chi connectivity index (χ2n) is 14.7. The van der Waals surface area contributed by atoms with Gasteiger partial charge in [0.15, 0.2) is 0 Å². The fourth-order valence-corrected chi connectivity index (χ4v) is 9.51. The van der Waals surface area contributed by atoms with Gasteiger partial charge in [-0.05, 0) is 138 Å². The number of aliphatic hydroxyl groups is 3. The summed E-state index contributed by atoms with van der Waals surface area (Å²) < 4.78 is 0. The van der Waals surface area contributed by atoms with Crippen LogP contribution in [-0.2, 0) is 5.41 Å². The topological polar surface area (TPSA) is 101 Å². The van der Waals surface area contributed by atoms with Crippen molar-refractivity contribution in [1.82, 2.24) is 0 Å². The summed E-state index contributed by atoms with van der Waals surface area (Å²) in [6, 6.07) is 0. The molecular weight excluding hydrogens is 524 g/mol. The maximum absolute atomic E-state index is 11.4. The molecule has 2 aromatic carbocycles. The Labute approximate surface area is 251 Å². The van der Waals surface area contributed by atoms with Crippen molar-refractivity contribution >= 4 is 11.1 Å². The van der Waals surface area contributed by atoms with Crippen LogP contribution in [0.25, 0.3) is 11.1 Å². The Bertz CT molecular complexity index is 1490. The Morgan fingerprint density at radius 2 is 1.05 bits per heavy atom. The first-order valence-corrected chi connectivity index (χ1v) is 15.5. The van der Waals surface area contributed by atoms with Crippen molar-refractivity contribution in [2.24, 2.45) is 17.3 Å². The first kappa shape index (κ1) is 30.5. The first-order valence-electron chi connectivity index (χ1n) is 15.5. The third-order valence-electron chi connectivity index (χ3n) is 11.8. The minimum atomic E-state index is -0.639. The van der Waals surface area contributed by atoms with Gasteiger partial charge < -0.3 is 25.5 Å². The van der Waals surface area contributed by atoms with Gasteiger partial charge in [-0.25, -0.2) is 0 Å². The normalized spacial score (nSPS) is 28.3. The molecule has 0 amide bonds. The second kappa shape index (κ2) is 9.54. The number of fused-ring (bicyclic) bond motifs is 4. The highest BCUT2D eigenvalue weighted by Gasteiger charge is 2.54. The van der Waals surface area contributed by atoms with Crippen molar-refractivity contribution in [2.45, 2.75) is 119 Å². The Hall–Kier alpha value is -2.92. The molecule has 5 nitrogen and oxygen atoms in total. The predicted octanol–water partition coefficient (Wildman–Crippen LogP) is 8.88. The number of hydrogen-bond acceptors (Lipinski definition) is 5. The molecule has 1 saturated carbocycles. The summed E-state index contributed by atoms with van der Waals surface area (Å²) >= 11 is 0. The number of aromatic hydroxyl groups is 2. The quantitative estimate of drug-likeness (QED) is 0.252. The van der Waals surface area contributed by atoms with E-state index < -0.39 is 11.5 Å². The molecule has 1 fully saturated rings. The molecule has 5 heteroatoms. The predicted molar refractivity (Wildman–Crippen MR) is 171 cm³/mol. The third-order valence-corrected chi connectivity index (χ3v) is 11.8. The van der Waals surface area contributed by atoms with E-state index in [4.69, 9.17) is 0 Å². The molecule has 0 radical (unpaired) electrons. The number of hydrogen-bond donors (Lipinski definition) is 5. The average Bonchev–Trinajstić information content (AvgIpc) is 2.93. The van der Waals surface area contributed by atoms with Gasteiger partial charge in [-0.2, -0.15) is 0 Å². The minimum Gasteiger partial charge on any atom is -0.511 e. The van der Waals surface area contributed by atoms with E-state index in [9.17, 15) is 25.5 Å². The minimum absolute atomic E-state index is 0.0614. The number of allylic oxidation sites excluding steroid dienone is 4. The lowest BCUT2D eigenvalue weighted by atomic mass is 9.50. The molecule has 3 aliphatic rings. The Morgan fingerprint density at radius 3 is 1.40 bits per heavy atom. The lowest BCUT2D eigenvalue weighted by Crippen LogP contribution is -2.50. The molecule has 0 heterocycles. The number of phenols is 2. The molecule has 0 aromatic heterocycles. The van der Waals surface area contributed by atoms with Crippen LogP contribution in [0.4, 0.5) is 0 Å². The molecule has 5 atom stereocenters.